The largest absolute Gasteiger partial charge is 0.458 e. The van der Waals surface area contributed by atoms with Crippen LogP contribution in [-0.4, -0.2) is 10.8 Å². The molecule has 0 bridgehead atoms. The molecule has 0 fully saturated rings. The molecule has 0 saturated carbocycles. The average molecular weight is 241 g/mol. The smallest absolute Gasteiger partial charge is 0.207 e. The number of furan rings is 1. The van der Waals surface area contributed by atoms with Crippen LogP contribution in [-0.2, 0) is 6.42 Å². The zero-order valence-corrected chi connectivity index (χ0v) is 10.3. The summed E-state index contributed by atoms with van der Waals surface area (Å²) in [7, 11) is 0. The molecule has 1 aliphatic rings. The predicted octanol–water partition coefficient (Wildman–Crippen LogP) is 3.29. The van der Waals surface area contributed by atoms with E-state index in [-0.39, 0.29) is 11.7 Å². The topological polar surface area (TPSA) is 43.1 Å². The van der Waals surface area contributed by atoms with Crippen LogP contribution >= 0.6 is 0 Å². The molecular formula is C15H15NO2. The van der Waals surface area contributed by atoms with Crippen LogP contribution in [0.4, 0.5) is 0 Å². The molecule has 0 aromatic carbocycles. The van der Waals surface area contributed by atoms with E-state index in [1.807, 2.05) is 19.1 Å². The summed E-state index contributed by atoms with van der Waals surface area (Å²) in [5.41, 5.74) is 2.13. The fourth-order valence-electron chi connectivity index (χ4n) is 2.60. The third kappa shape index (κ3) is 1.86. The summed E-state index contributed by atoms with van der Waals surface area (Å²) in [6, 6.07) is 7.59. The van der Waals surface area contributed by atoms with Gasteiger partial charge in [0.05, 0.1) is 11.6 Å². The molecule has 2 heterocycles. The van der Waals surface area contributed by atoms with E-state index in [9.17, 15) is 4.79 Å². The zero-order chi connectivity index (χ0) is 12.5. The van der Waals surface area contributed by atoms with Gasteiger partial charge in [0.2, 0.25) is 5.78 Å². The highest BCUT2D eigenvalue weighted by Crippen LogP contribution is 2.32. The van der Waals surface area contributed by atoms with E-state index < -0.39 is 0 Å². The molecule has 0 saturated heterocycles. The Balaban J connectivity index is 1.96. The molecule has 1 unspecified atom stereocenters. The second kappa shape index (κ2) is 4.41. The predicted molar refractivity (Wildman–Crippen MR) is 67.7 cm³/mol. The van der Waals surface area contributed by atoms with E-state index in [1.165, 1.54) is 5.56 Å². The highest BCUT2D eigenvalue weighted by Gasteiger charge is 2.29. The Hall–Kier alpha value is -1.90. The summed E-state index contributed by atoms with van der Waals surface area (Å²) >= 11 is 0. The number of hydrogen-bond acceptors (Lipinski definition) is 3. The summed E-state index contributed by atoms with van der Waals surface area (Å²) in [5.74, 6) is 1.15. The van der Waals surface area contributed by atoms with Gasteiger partial charge in [-0.2, -0.15) is 0 Å². The number of hydrogen-bond donors (Lipinski definition) is 0. The Morgan fingerprint density at radius 3 is 3.06 bits per heavy atom. The summed E-state index contributed by atoms with van der Waals surface area (Å²) < 4.78 is 5.44. The van der Waals surface area contributed by atoms with Crippen LogP contribution in [0.2, 0.25) is 0 Å². The number of fused-ring (bicyclic) bond motifs is 1. The Kier molecular flexibility index (Phi) is 2.74. The van der Waals surface area contributed by atoms with Crippen molar-refractivity contribution in [1.29, 1.82) is 0 Å². The van der Waals surface area contributed by atoms with Crippen molar-refractivity contribution in [2.24, 2.45) is 0 Å². The second-order valence-corrected chi connectivity index (χ2v) is 4.77. The van der Waals surface area contributed by atoms with Crippen LogP contribution in [0.5, 0.6) is 0 Å². The molecule has 0 N–H and O–H groups in total. The van der Waals surface area contributed by atoms with Gasteiger partial charge in [-0.05, 0) is 49.9 Å². The van der Waals surface area contributed by atoms with Gasteiger partial charge in [0.15, 0.2) is 5.76 Å². The first-order valence-electron chi connectivity index (χ1n) is 6.30. The van der Waals surface area contributed by atoms with Gasteiger partial charge < -0.3 is 4.42 Å². The van der Waals surface area contributed by atoms with E-state index >= 15 is 0 Å². The third-order valence-corrected chi connectivity index (χ3v) is 3.49. The van der Waals surface area contributed by atoms with Crippen molar-refractivity contribution in [3.8, 4) is 0 Å². The Labute approximate surface area is 106 Å². The summed E-state index contributed by atoms with van der Waals surface area (Å²) in [6.45, 7) is 1.85. The van der Waals surface area contributed by atoms with E-state index in [0.29, 0.717) is 5.76 Å². The number of Topliss-reactive ketones (excluding diaryl/α,β-unsaturated/α-hetero) is 1. The fourth-order valence-corrected chi connectivity index (χ4v) is 2.60. The SMILES string of the molecule is Cc1ccc(C(=O)C2CCCc3cccnc32)o1. The molecule has 2 aromatic heterocycles. The van der Waals surface area contributed by atoms with Crippen molar-refractivity contribution in [1.82, 2.24) is 4.98 Å². The average Bonchev–Trinajstić information content (AvgIpc) is 2.84. The quantitative estimate of drug-likeness (QED) is 0.758. The lowest BCUT2D eigenvalue weighted by atomic mass is 9.83. The molecule has 0 radical (unpaired) electrons. The van der Waals surface area contributed by atoms with E-state index in [0.717, 1.165) is 30.7 Å². The van der Waals surface area contributed by atoms with Crippen LogP contribution < -0.4 is 0 Å². The number of carbonyl (C=O) groups excluding carboxylic acids is 1. The maximum absolute atomic E-state index is 12.4. The van der Waals surface area contributed by atoms with Gasteiger partial charge in [0.1, 0.15) is 5.76 Å². The van der Waals surface area contributed by atoms with E-state index in [4.69, 9.17) is 4.42 Å². The molecule has 0 spiro atoms. The number of aromatic nitrogens is 1. The zero-order valence-electron chi connectivity index (χ0n) is 10.3. The Morgan fingerprint density at radius 1 is 1.39 bits per heavy atom. The summed E-state index contributed by atoms with van der Waals surface area (Å²) in [4.78, 5) is 16.8. The standard InChI is InChI=1S/C15H15NO2/c1-10-7-8-13(18-10)15(17)12-6-2-4-11-5-3-9-16-14(11)12/h3,5,7-9,12H,2,4,6H2,1H3. The molecular weight excluding hydrogens is 226 g/mol. The maximum atomic E-state index is 12.4. The number of nitrogens with zero attached hydrogens (tertiary/aromatic N) is 1. The molecule has 92 valence electrons. The molecule has 3 heteroatoms. The second-order valence-electron chi connectivity index (χ2n) is 4.77. The van der Waals surface area contributed by atoms with E-state index in [1.54, 1.807) is 12.3 Å². The maximum Gasteiger partial charge on any atom is 0.207 e. The monoisotopic (exact) mass is 241 g/mol. The fraction of sp³-hybridized carbons (Fsp3) is 0.333. The molecule has 2 aromatic rings. The van der Waals surface area contributed by atoms with Gasteiger partial charge in [0.25, 0.3) is 0 Å². The van der Waals surface area contributed by atoms with Crippen molar-refractivity contribution in [3.63, 3.8) is 0 Å². The first-order chi connectivity index (χ1) is 8.75. The van der Waals surface area contributed by atoms with Crippen LogP contribution in [0.3, 0.4) is 0 Å². The van der Waals surface area contributed by atoms with Crippen molar-refractivity contribution in [2.75, 3.05) is 0 Å². The van der Waals surface area contributed by atoms with Crippen LogP contribution in [0.25, 0.3) is 0 Å². The minimum atomic E-state index is -0.138. The first-order valence-corrected chi connectivity index (χ1v) is 6.30. The number of pyridine rings is 1. The lowest BCUT2D eigenvalue weighted by Gasteiger charge is -2.22. The number of aryl methyl sites for hydroxylation is 2. The number of carbonyl (C=O) groups is 1. The molecule has 18 heavy (non-hydrogen) atoms. The van der Waals surface area contributed by atoms with Crippen LogP contribution in [0.1, 0.15) is 46.3 Å². The minimum absolute atomic E-state index is 0.0581. The number of ketones is 1. The molecule has 3 rings (SSSR count). The van der Waals surface area contributed by atoms with Crippen LogP contribution in [0.15, 0.2) is 34.9 Å². The Bertz CT molecular complexity index is 586. The van der Waals surface area contributed by atoms with Crippen molar-refractivity contribution in [3.05, 3.63) is 53.2 Å². The Morgan fingerprint density at radius 2 is 2.28 bits per heavy atom. The minimum Gasteiger partial charge on any atom is -0.458 e. The molecule has 1 aliphatic carbocycles. The highest BCUT2D eigenvalue weighted by atomic mass is 16.3. The first kappa shape index (κ1) is 11.2. The third-order valence-electron chi connectivity index (χ3n) is 3.49. The summed E-state index contributed by atoms with van der Waals surface area (Å²) in [5, 5.41) is 0. The normalized spacial score (nSPS) is 18.4. The highest BCUT2D eigenvalue weighted by molar-refractivity contribution is 5.98. The van der Waals surface area contributed by atoms with Crippen molar-refractivity contribution < 1.29 is 9.21 Å². The van der Waals surface area contributed by atoms with Crippen LogP contribution in [0, 0.1) is 6.92 Å². The molecule has 0 aliphatic heterocycles. The number of rotatable bonds is 2. The van der Waals surface area contributed by atoms with Crippen molar-refractivity contribution >= 4 is 5.78 Å². The molecule has 3 nitrogen and oxygen atoms in total. The van der Waals surface area contributed by atoms with Gasteiger partial charge in [0, 0.05) is 6.20 Å². The van der Waals surface area contributed by atoms with E-state index in [2.05, 4.69) is 11.1 Å². The van der Waals surface area contributed by atoms with Gasteiger partial charge in [-0.25, -0.2) is 0 Å². The van der Waals surface area contributed by atoms with Gasteiger partial charge in [-0.1, -0.05) is 6.07 Å². The lowest BCUT2D eigenvalue weighted by Crippen LogP contribution is -2.19. The molecule has 0 amide bonds. The van der Waals surface area contributed by atoms with Gasteiger partial charge in [-0.15, -0.1) is 0 Å². The molecule has 1 atom stereocenters. The van der Waals surface area contributed by atoms with Crippen molar-refractivity contribution in [2.45, 2.75) is 32.1 Å². The van der Waals surface area contributed by atoms with Gasteiger partial charge in [-0.3, -0.25) is 9.78 Å². The van der Waals surface area contributed by atoms with Gasteiger partial charge >= 0.3 is 0 Å². The lowest BCUT2D eigenvalue weighted by molar-refractivity contribution is 0.0920. The summed E-state index contributed by atoms with van der Waals surface area (Å²) in [6.07, 6.45) is 4.68.